The van der Waals surface area contributed by atoms with Gasteiger partial charge in [0.2, 0.25) is 10.0 Å². The predicted molar refractivity (Wildman–Crippen MR) is 96.4 cm³/mol. The first kappa shape index (κ1) is 20.4. The normalized spacial score (nSPS) is 17.2. The molecule has 0 amide bonds. The quantitative estimate of drug-likeness (QED) is 0.678. The molecule has 1 aromatic carbocycles. The van der Waals surface area contributed by atoms with Gasteiger partial charge in [-0.15, -0.1) is 0 Å². The number of benzene rings is 1. The Kier molecular flexibility index (Phi) is 5.72. The van der Waals surface area contributed by atoms with Gasteiger partial charge in [-0.3, -0.25) is 4.98 Å². The largest absolute Gasteiger partial charge is 0.418 e. The molecule has 0 radical (unpaired) electrons. The first-order valence-corrected chi connectivity index (χ1v) is 10.3. The SMILES string of the molecule is O=S(=O)(c1ccc(Cl)c(Cl)c1)N1CCC(c2ncccc2C(F)(F)F)CC1. The zero-order chi connectivity index (χ0) is 19.8. The zero-order valence-electron chi connectivity index (χ0n) is 13.9. The van der Waals surface area contributed by atoms with Crippen molar-refractivity contribution in [3.05, 3.63) is 57.8 Å². The zero-order valence-corrected chi connectivity index (χ0v) is 16.2. The van der Waals surface area contributed by atoms with Crippen molar-refractivity contribution in [2.75, 3.05) is 13.1 Å². The summed E-state index contributed by atoms with van der Waals surface area (Å²) in [5.41, 5.74) is -0.799. The van der Waals surface area contributed by atoms with Gasteiger partial charge in [-0.1, -0.05) is 23.2 Å². The van der Waals surface area contributed by atoms with Crippen LogP contribution in [0.3, 0.4) is 0 Å². The molecule has 3 rings (SSSR count). The number of hydrogen-bond acceptors (Lipinski definition) is 3. The number of pyridine rings is 1. The fraction of sp³-hybridized carbons (Fsp3) is 0.353. The van der Waals surface area contributed by atoms with Crippen LogP contribution >= 0.6 is 23.2 Å². The molecule has 1 aromatic heterocycles. The van der Waals surface area contributed by atoms with E-state index in [9.17, 15) is 21.6 Å². The Hall–Kier alpha value is -1.35. The Balaban J connectivity index is 1.79. The van der Waals surface area contributed by atoms with Crippen LogP contribution in [0.2, 0.25) is 10.0 Å². The Morgan fingerprint density at radius 1 is 1.07 bits per heavy atom. The molecule has 1 aliphatic heterocycles. The molecule has 0 unspecified atom stereocenters. The number of piperidine rings is 1. The molecule has 0 spiro atoms. The second-order valence-corrected chi connectivity index (χ2v) is 8.94. The van der Waals surface area contributed by atoms with Crippen LogP contribution in [0.4, 0.5) is 13.2 Å². The van der Waals surface area contributed by atoms with E-state index in [0.717, 1.165) is 6.07 Å². The van der Waals surface area contributed by atoms with E-state index in [0.29, 0.717) is 0 Å². The van der Waals surface area contributed by atoms with E-state index >= 15 is 0 Å². The van der Waals surface area contributed by atoms with Crippen molar-refractivity contribution >= 4 is 33.2 Å². The van der Waals surface area contributed by atoms with Crippen LogP contribution in [-0.2, 0) is 16.2 Å². The van der Waals surface area contributed by atoms with Crippen LogP contribution in [0.15, 0.2) is 41.4 Å². The van der Waals surface area contributed by atoms with E-state index in [2.05, 4.69) is 4.98 Å². The second kappa shape index (κ2) is 7.58. The lowest BCUT2D eigenvalue weighted by Crippen LogP contribution is -2.38. The third kappa shape index (κ3) is 4.23. The van der Waals surface area contributed by atoms with Gasteiger partial charge in [-0.2, -0.15) is 17.5 Å². The Bertz CT molecular complexity index is 943. The molecule has 2 aromatic rings. The number of sulfonamides is 1. The van der Waals surface area contributed by atoms with E-state index in [4.69, 9.17) is 23.2 Å². The van der Waals surface area contributed by atoms with Gasteiger partial charge in [0.15, 0.2) is 0 Å². The van der Waals surface area contributed by atoms with Gasteiger partial charge in [-0.05, 0) is 43.2 Å². The number of nitrogens with zero attached hydrogens (tertiary/aromatic N) is 2. The summed E-state index contributed by atoms with van der Waals surface area (Å²) in [4.78, 5) is 3.92. The lowest BCUT2D eigenvalue weighted by molar-refractivity contribution is -0.138. The Morgan fingerprint density at radius 3 is 2.33 bits per heavy atom. The van der Waals surface area contributed by atoms with Crippen LogP contribution in [-0.4, -0.2) is 30.8 Å². The van der Waals surface area contributed by atoms with Crippen LogP contribution in [0.25, 0.3) is 0 Å². The predicted octanol–water partition coefficient (Wildman–Crippen LogP) is 4.98. The molecule has 146 valence electrons. The molecule has 0 saturated carbocycles. The van der Waals surface area contributed by atoms with Gasteiger partial charge in [0.25, 0.3) is 0 Å². The average Bonchev–Trinajstić information content (AvgIpc) is 2.63. The molecule has 27 heavy (non-hydrogen) atoms. The van der Waals surface area contributed by atoms with Crippen LogP contribution in [0, 0.1) is 0 Å². The molecule has 10 heteroatoms. The monoisotopic (exact) mass is 438 g/mol. The van der Waals surface area contributed by atoms with Gasteiger partial charge >= 0.3 is 6.18 Å². The maximum absolute atomic E-state index is 13.2. The maximum atomic E-state index is 13.2. The first-order valence-electron chi connectivity index (χ1n) is 8.08. The number of halogens is 5. The topological polar surface area (TPSA) is 50.3 Å². The summed E-state index contributed by atoms with van der Waals surface area (Å²) in [5, 5.41) is 0.361. The van der Waals surface area contributed by atoms with E-state index in [1.807, 2.05) is 0 Å². The van der Waals surface area contributed by atoms with Crippen LogP contribution < -0.4 is 0 Å². The number of rotatable bonds is 3. The lowest BCUT2D eigenvalue weighted by Gasteiger charge is -2.31. The summed E-state index contributed by atoms with van der Waals surface area (Å²) in [6.45, 7) is 0.197. The van der Waals surface area contributed by atoms with Gasteiger partial charge < -0.3 is 0 Å². The summed E-state index contributed by atoms with van der Waals surface area (Å²) in [6.07, 6.45) is -2.67. The maximum Gasteiger partial charge on any atom is 0.418 e. The summed E-state index contributed by atoms with van der Waals surface area (Å²) in [5.74, 6) is -0.455. The van der Waals surface area contributed by atoms with Crippen molar-refractivity contribution < 1.29 is 21.6 Å². The van der Waals surface area contributed by atoms with Gasteiger partial charge in [-0.25, -0.2) is 8.42 Å². The highest BCUT2D eigenvalue weighted by molar-refractivity contribution is 7.89. The summed E-state index contributed by atoms with van der Waals surface area (Å²) < 4.78 is 66.3. The summed E-state index contributed by atoms with van der Waals surface area (Å²) >= 11 is 11.7. The minimum absolute atomic E-state index is 0.00386. The number of hydrogen-bond donors (Lipinski definition) is 0. The molecule has 1 aliphatic rings. The van der Waals surface area contributed by atoms with Crippen molar-refractivity contribution in [3.63, 3.8) is 0 Å². The van der Waals surface area contributed by atoms with Crippen molar-refractivity contribution in [2.45, 2.75) is 29.8 Å². The Morgan fingerprint density at radius 2 is 1.74 bits per heavy atom. The second-order valence-electron chi connectivity index (χ2n) is 6.19. The molecule has 1 fully saturated rings. The van der Waals surface area contributed by atoms with Crippen molar-refractivity contribution in [2.24, 2.45) is 0 Å². The smallest absolute Gasteiger partial charge is 0.260 e. The summed E-state index contributed by atoms with van der Waals surface area (Å²) in [7, 11) is -3.80. The standard InChI is InChI=1S/C17H15Cl2F3N2O2S/c18-14-4-3-12(10-15(14)19)27(25,26)24-8-5-11(6-9-24)16-13(17(20,21)22)2-1-7-23-16/h1-4,7,10-11H,5-6,8-9H2. The van der Waals surface area contributed by atoms with Gasteiger partial charge in [0.05, 0.1) is 26.2 Å². The molecule has 0 atom stereocenters. The molecule has 0 N–H and O–H groups in total. The first-order chi connectivity index (χ1) is 12.6. The average molecular weight is 439 g/mol. The molecule has 1 saturated heterocycles. The molecule has 0 bridgehead atoms. The minimum Gasteiger partial charge on any atom is -0.260 e. The minimum atomic E-state index is -4.49. The van der Waals surface area contributed by atoms with Gasteiger partial charge in [0.1, 0.15) is 0 Å². The highest BCUT2D eigenvalue weighted by atomic mass is 35.5. The molecule has 2 heterocycles. The van der Waals surface area contributed by atoms with Crippen molar-refractivity contribution in [1.82, 2.24) is 9.29 Å². The summed E-state index contributed by atoms with van der Waals surface area (Å²) in [6, 6.07) is 6.27. The molecular weight excluding hydrogens is 424 g/mol. The fourth-order valence-electron chi connectivity index (χ4n) is 3.14. The molecule has 4 nitrogen and oxygen atoms in total. The highest BCUT2D eigenvalue weighted by Crippen LogP contribution is 2.38. The van der Waals surface area contributed by atoms with E-state index in [-0.39, 0.29) is 46.6 Å². The van der Waals surface area contributed by atoms with E-state index in [1.165, 1.54) is 34.8 Å². The number of aromatic nitrogens is 1. The lowest BCUT2D eigenvalue weighted by atomic mass is 9.91. The number of alkyl halides is 3. The highest BCUT2D eigenvalue weighted by Gasteiger charge is 2.38. The van der Waals surface area contributed by atoms with Crippen molar-refractivity contribution in [3.8, 4) is 0 Å². The molecule has 0 aliphatic carbocycles. The third-order valence-corrected chi connectivity index (χ3v) is 7.15. The Labute approximate surface area is 165 Å². The van der Waals surface area contributed by atoms with Crippen LogP contribution in [0.5, 0.6) is 0 Å². The van der Waals surface area contributed by atoms with Crippen LogP contribution in [0.1, 0.15) is 30.0 Å². The van der Waals surface area contributed by atoms with Crippen molar-refractivity contribution in [1.29, 1.82) is 0 Å². The van der Waals surface area contributed by atoms with E-state index < -0.39 is 27.7 Å². The molecular formula is C17H15Cl2F3N2O2S. The third-order valence-electron chi connectivity index (χ3n) is 4.51. The van der Waals surface area contributed by atoms with E-state index in [1.54, 1.807) is 0 Å². The van der Waals surface area contributed by atoms with Gasteiger partial charge in [0, 0.05) is 25.2 Å². The fourth-order valence-corrected chi connectivity index (χ4v) is 5.00.